The summed E-state index contributed by atoms with van der Waals surface area (Å²) in [7, 11) is 0. The highest BCUT2D eigenvalue weighted by Gasteiger charge is 2.54. The van der Waals surface area contributed by atoms with Gasteiger partial charge in [-0.1, -0.05) is 221 Å². The lowest BCUT2D eigenvalue weighted by Gasteiger charge is -2.49. The summed E-state index contributed by atoms with van der Waals surface area (Å²) in [4.78, 5) is 5.05. The molecule has 12 aromatic rings. The van der Waals surface area contributed by atoms with E-state index in [9.17, 15) is 21.9 Å². The lowest BCUT2D eigenvalue weighted by atomic mass is 9.29. The van der Waals surface area contributed by atoms with Crippen LogP contribution in [-0.2, 0) is 5.41 Å². The molecular formula is C78H57B2N3O2. The van der Waals surface area contributed by atoms with Crippen molar-refractivity contribution in [3.8, 4) is 67.5 Å². The summed E-state index contributed by atoms with van der Waals surface area (Å²) in [5, 5.41) is 0. The van der Waals surface area contributed by atoms with Crippen molar-refractivity contribution >= 4 is 97.4 Å². The number of para-hydroxylation sites is 3. The van der Waals surface area contributed by atoms with Crippen LogP contribution in [0.4, 0.5) is 51.2 Å². The lowest BCUT2D eigenvalue weighted by molar-refractivity contribution is 0.461. The molecule has 0 unspecified atom stereocenters. The Morgan fingerprint density at radius 3 is 1.55 bits per heavy atom. The van der Waals surface area contributed by atoms with Crippen LogP contribution in [-0.4, -0.2) is 13.4 Å². The summed E-state index contributed by atoms with van der Waals surface area (Å²) in [6.07, 6.45) is 0. The van der Waals surface area contributed by atoms with Gasteiger partial charge >= 0.3 is 0 Å². The quantitative estimate of drug-likeness (QED) is 0.148. The molecule has 0 spiro atoms. The number of hydrogen-bond acceptors (Lipinski definition) is 5. The summed E-state index contributed by atoms with van der Waals surface area (Å²) in [5.74, 6) is -1.87. The molecular weight excluding hydrogens is 1030 g/mol. The van der Waals surface area contributed by atoms with E-state index in [0.29, 0.717) is 56.0 Å². The molecule has 0 atom stereocenters. The maximum atomic E-state index is 11.9. The van der Waals surface area contributed by atoms with Crippen molar-refractivity contribution in [2.75, 3.05) is 14.7 Å². The number of anilines is 9. The predicted octanol–water partition coefficient (Wildman–Crippen LogP) is 16.9. The van der Waals surface area contributed by atoms with Gasteiger partial charge in [0.05, 0.1) is 39.0 Å². The zero-order valence-electron chi connectivity index (χ0n) is 67.8. The van der Waals surface area contributed by atoms with Gasteiger partial charge in [-0.25, -0.2) is 0 Å². The Hall–Kier alpha value is -10.2. The second-order valence-electron chi connectivity index (χ2n) is 22.6. The van der Waals surface area contributed by atoms with Gasteiger partial charge in [0.2, 0.25) is 0 Å². The van der Waals surface area contributed by atoms with Gasteiger partial charge in [0.1, 0.15) is 23.0 Å². The van der Waals surface area contributed by atoms with Gasteiger partial charge < -0.3 is 24.2 Å². The minimum absolute atomic E-state index is 0.00477. The van der Waals surface area contributed by atoms with E-state index in [0.717, 1.165) is 0 Å². The molecule has 0 aromatic heterocycles. The Morgan fingerprint density at radius 1 is 0.365 bits per heavy atom. The van der Waals surface area contributed by atoms with E-state index in [1.807, 2.05) is 141 Å². The van der Waals surface area contributed by atoms with Crippen LogP contribution in [0.5, 0.6) is 23.0 Å². The molecule has 85 heavy (non-hydrogen) atoms. The molecule has 0 saturated carbocycles. The monoisotopic (exact) mass is 1110 g/mol. The van der Waals surface area contributed by atoms with Crippen LogP contribution in [0.1, 0.15) is 67.6 Å². The average molecular weight is 1110 g/mol. The maximum Gasteiger partial charge on any atom is 0.266 e. The van der Waals surface area contributed by atoms with E-state index in [1.165, 1.54) is 11.0 Å². The van der Waals surface area contributed by atoms with Gasteiger partial charge in [-0.2, -0.15) is 0 Å². The van der Waals surface area contributed by atoms with Crippen molar-refractivity contribution in [1.82, 2.24) is 0 Å². The molecule has 5 aliphatic heterocycles. The van der Waals surface area contributed by atoms with Crippen molar-refractivity contribution in [3.05, 3.63) is 271 Å². The predicted molar refractivity (Wildman–Crippen MR) is 356 cm³/mol. The molecule has 0 radical (unpaired) electrons. The van der Waals surface area contributed by atoms with Crippen LogP contribution in [0.3, 0.4) is 0 Å². The first-order chi connectivity index (χ1) is 50.8. The third-order valence-corrected chi connectivity index (χ3v) is 16.9. The Morgan fingerprint density at radius 2 is 0.906 bits per heavy atom. The smallest absolute Gasteiger partial charge is 0.266 e. The van der Waals surface area contributed by atoms with Crippen LogP contribution in [0.25, 0.3) is 44.5 Å². The van der Waals surface area contributed by atoms with E-state index in [-0.39, 0.29) is 72.6 Å². The van der Waals surface area contributed by atoms with E-state index in [4.69, 9.17) is 17.7 Å². The van der Waals surface area contributed by atoms with Crippen molar-refractivity contribution in [1.29, 1.82) is 0 Å². The number of ether oxygens (including phenoxy) is 2. The Labute approximate surface area is 528 Å². The van der Waals surface area contributed by atoms with Crippen LogP contribution < -0.4 is 57.0 Å². The zero-order chi connectivity index (χ0) is 75.7. The molecule has 5 aliphatic rings. The molecule has 0 bridgehead atoms. The normalized spacial score (nSPS) is 17.5. The number of benzene rings is 12. The van der Waals surface area contributed by atoms with Gasteiger partial charge in [0.25, 0.3) is 13.4 Å². The first-order valence-electron chi connectivity index (χ1n) is 38.9. The molecule has 402 valence electrons. The van der Waals surface area contributed by atoms with E-state index in [1.54, 1.807) is 41.3 Å². The molecule has 0 aliphatic carbocycles. The molecule has 0 N–H and O–H groups in total. The van der Waals surface area contributed by atoms with Gasteiger partial charge in [-0.05, 0) is 145 Å². The number of rotatable bonds is 7. The maximum absolute atomic E-state index is 11.9. The molecule has 5 nitrogen and oxygen atoms in total. The summed E-state index contributed by atoms with van der Waals surface area (Å²) in [6, 6.07) is 36.0. The SMILES string of the molecule is [2H]c1cc2c3c(c1C([2H])([2H])[2H])Oc1c4c(c([2H])c([2H])c1C([2H])([2H])[2H])Oc1c5c(c([2H])c(c1B34)N2c1c([2H])c([2H])c([2H])c([2H])c1-c1ccccc1)N(c1ccccc1-c1ccccc1)c1cc(C(C)(C)C)cc2c1B5c1c([2H])c([2H])c(-c3c([2H])c([2H])c([2H])c([2H])c3[2H])c([2H])c1N2c1ccccc1-c1ccccc1. The van der Waals surface area contributed by atoms with Crippen LogP contribution in [0.15, 0.2) is 254 Å². The van der Waals surface area contributed by atoms with Gasteiger partial charge in [0.15, 0.2) is 0 Å². The van der Waals surface area contributed by atoms with Crippen molar-refractivity contribution in [2.24, 2.45) is 0 Å². The number of fused-ring (bicyclic) bond motifs is 5. The Balaban J connectivity index is 1.15. The van der Waals surface area contributed by atoms with E-state index < -0.39 is 169 Å². The number of nitrogens with zero attached hydrogens (tertiary/aromatic N) is 3. The first-order valence-corrected chi connectivity index (χ1v) is 27.9. The molecule has 0 amide bonds. The minimum Gasteiger partial charge on any atom is -0.459 e. The first kappa shape index (κ1) is 32.0. The highest BCUT2D eigenvalue weighted by Crippen LogP contribution is 2.55. The summed E-state index contributed by atoms with van der Waals surface area (Å²) < 4.78 is 228. The molecule has 0 fully saturated rings. The van der Waals surface area contributed by atoms with Gasteiger partial charge in [-0.3, -0.25) is 0 Å². The lowest BCUT2D eigenvalue weighted by Crippen LogP contribution is -2.66. The van der Waals surface area contributed by atoms with Crippen molar-refractivity contribution in [2.45, 2.75) is 39.9 Å². The summed E-state index contributed by atoms with van der Waals surface area (Å²) in [5.41, 5.74) is 0.704. The zero-order valence-corrected chi connectivity index (χ0v) is 45.8. The summed E-state index contributed by atoms with van der Waals surface area (Å²) in [6.45, 7) is -3.66. The third kappa shape index (κ3) is 7.32. The molecule has 17 rings (SSSR count). The van der Waals surface area contributed by atoms with Crippen LogP contribution >= 0.6 is 0 Å². The molecule has 0 saturated heterocycles. The second-order valence-corrected chi connectivity index (χ2v) is 22.6. The van der Waals surface area contributed by atoms with Crippen molar-refractivity contribution in [3.63, 3.8) is 0 Å². The molecule has 5 heterocycles. The van der Waals surface area contributed by atoms with E-state index >= 15 is 0 Å². The highest BCUT2D eigenvalue weighted by atomic mass is 16.5. The average Bonchev–Trinajstić information content (AvgIpc) is 0.657. The summed E-state index contributed by atoms with van der Waals surface area (Å²) >= 11 is 0. The standard InChI is InChI=1S/C78H57B2N3O2/c1-48-38-42-63-71-75(48)85-76-49(2)39-43-69-74(76)80(71)73-68(81(63)60-35-21-18-32-56(60)51-26-12-7-13-27-51)47-67-72(77(73)84-69)79-59-41-40-54(50-24-10-6-11-25-50)44-64(59)82(61-36-22-19-33-57(61)52-28-14-8-15-29-52)65-45-55(78(3,4)5)46-66(70(65)79)83(67)62-37-23-20-34-58(62)53-30-16-9-17-31-53/h6-47H,1-5H3/i1D3,2D3,6D,10D,11D,18D,21D,24D,25D,32D,35D,38D,39D,40D,41D,43D,44D,47D. The highest BCUT2D eigenvalue weighted by molar-refractivity contribution is 7.04. The fourth-order valence-corrected chi connectivity index (χ4v) is 13.2. The van der Waals surface area contributed by atoms with Gasteiger partial charge in [-0.15, -0.1) is 0 Å². The van der Waals surface area contributed by atoms with Gasteiger partial charge in [0, 0.05) is 64.5 Å². The minimum atomic E-state index is -3.27. The van der Waals surface area contributed by atoms with Crippen molar-refractivity contribution < 1.29 is 39.6 Å². The van der Waals surface area contributed by atoms with Crippen LogP contribution in [0.2, 0.25) is 0 Å². The topological polar surface area (TPSA) is 28.2 Å². The second kappa shape index (κ2) is 18.6. The van der Waals surface area contributed by atoms with E-state index in [2.05, 4.69) is 0 Å². The fourth-order valence-electron chi connectivity index (χ4n) is 13.2. The Bertz CT molecular complexity index is 5950. The van der Waals surface area contributed by atoms with Crippen LogP contribution in [0, 0.1) is 13.7 Å². The fraction of sp³-hybridized carbons (Fsp3) is 0.0769. The molecule has 12 aromatic carbocycles. The molecule has 7 heteroatoms. The number of hydrogen-bond donors (Lipinski definition) is 0. The Kier molecular flexibility index (Phi) is 7.02. The third-order valence-electron chi connectivity index (χ3n) is 16.9. The largest absolute Gasteiger partial charge is 0.459 e.